The molecule has 0 saturated carbocycles. The second kappa shape index (κ2) is 10.6. The molecule has 0 saturated heterocycles. The van der Waals surface area contributed by atoms with Gasteiger partial charge in [0.15, 0.2) is 0 Å². The fourth-order valence-electron chi connectivity index (χ4n) is 2.00. The van der Waals surface area contributed by atoms with Crippen LogP contribution in [-0.2, 0) is 10.0 Å². The smallest absolute Gasteiger partial charge is 0.253 e. The van der Waals surface area contributed by atoms with Crippen LogP contribution in [0.25, 0.3) is 0 Å². The Morgan fingerprint density at radius 1 is 1.04 bits per heavy atom. The lowest BCUT2D eigenvalue weighted by Gasteiger charge is -2.18. The summed E-state index contributed by atoms with van der Waals surface area (Å²) in [6.45, 7) is 8.74. The lowest BCUT2D eigenvalue weighted by atomic mass is 10.2. The molecule has 1 aromatic rings. The average molecular weight is 364 g/mol. The van der Waals surface area contributed by atoms with Crippen molar-refractivity contribution in [2.75, 3.05) is 32.7 Å². The van der Waals surface area contributed by atoms with Gasteiger partial charge in [-0.2, -0.15) is 0 Å². The third-order valence-corrected chi connectivity index (χ3v) is 4.78. The van der Waals surface area contributed by atoms with Gasteiger partial charge >= 0.3 is 0 Å². The van der Waals surface area contributed by atoms with Gasteiger partial charge in [-0.3, -0.25) is 4.79 Å². The van der Waals surface area contributed by atoms with Gasteiger partial charge < -0.3 is 10.2 Å². The Balaban J connectivity index is 0.00000484. The summed E-state index contributed by atoms with van der Waals surface area (Å²) in [4.78, 5) is 14.0. The van der Waals surface area contributed by atoms with Crippen LogP contribution in [0.1, 0.15) is 31.1 Å². The van der Waals surface area contributed by atoms with Crippen molar-refractivity contribution in [2.24, 2.45) is 0 Å². The number of amides is 1. The zero-order valence-corrected chi connectivity index (χ0v) is 15.5. The Labute approximate surface area is 145 Å². The van der Waals surface area contributed by atoms with Crippen molar-refractivity contribution >= 4 is 28.3 Å². The SMILES string of the molecule is CCNCCNS(=O)(=O)c1ccc(C(=O)N(CC)CC)cc1.Cl. The maximum absolute atomic E-state index is 12.2. The minimum Gasteiger partial charge on any atom is -0.339 e. The molecule has 0 bridgehead atoms. The predicted octanol–water partition coefficient (Wildman–Crippen LogP) is 1.48. The zero-order chi connectivity index (χ0) is 16.6. The molecule has 0 unspecified atom stereocenters. The molecule has 0 aliphatic heterocycles. The third kappa shape index (κ3) is 6.47. The summed E-state index contributed by atoms with van der Waals surface area (Å²) in [6, 6.07) is 6.04. The van der Waals surface area contributed by atoms with Crippen LogP contribution in [0.4, 0.5) is 0 Å². The lowest BCUT2D eigenvalue weighted by molar-refractivity contribution is 0.0773. The molecule has 0 fully saturated rings. The summed E-state index contributed by atoms with van der Waals surface area (Å²) in [5.41, 5.74) is 0.496. The molecule has 0 atom stereocenters. The summed E-state index contributed by atoms with van der Waals surface area (Å²) in [5, 5.41) is 3.04. The van der Waals surface area contributed by atoms with Gasteiger partial charge in [-0.15, -0.1) is 12.4 Å². The van der Waals surface area contributed by atoms with Crippen LogP contribution < -0.4 is 10.0 Å². The van der Waals surface area contributed by atoms with E-state index in [2.05, 4.69) is 10.0 Å². The van der Waals surface area contributed by atoms with Gasteiger partial charge in [-0.05, 0) is 44.7 Å². The standard InChI is InChI=1S/C15H25N3O3S.ClH/c1-4-16-11-12-17-22(20,21)14-9-7-13(8-10-14)15(19)18(5-2)6-3;/h7-10,16-17H,4-6,11-12H2,1-3H3;1H. The highest BCUT2D eigenvalue weighted by atomic mass is 35.5. The van der Waals surface area contributed by atoms with Gasteiger partial charge in [-0.1, -0.05) is 6.92 Å². The van der Waals surface area contributed by atoms with Crippen LogP contribution >= 0.6 is 12.4 Å². The molecule has 132 valence electrons. The second-order valence-electron chi connectivity index (χ2n) is 4.75. The molecule has 6 nitrogen and oxygen atoms in total. The van der Waals surface area contributed by atoms with E-state index in [-0.39, 0.29) is 23.2 Å². The van der Waals surface area contributed by atoms with Gasteiger partial charge in [0.25, 0.3) is 5.91 Å². The number of rotatable bonds is 9. The normalized spacial score (nSPS) is 10.9. The maximum atomic E-state index is 12.2. The maximum Gasteiger partial charge on any atom is 0.253 e. The summed E-state index contributed by atoms with van der Waals surface area (Å²) in [5.74, 6) is -0.0888. The largest absolute Gasteiger partial charge is 0.339 e. The molecule has 0 radical (unpaired) electrons. The highest BCUT2D eigenvalue weighted by Crippen LogP contribution is 2.12. The first-order valence-corrected chi connectivity index (χ1v) is 9.04. The predicted molar refractivity (Wildman–Crippen MR) is 94.7 cm³/mol. The van der Waals surface area contributed by atoms with Gasteiger partial charge in [0.05, 0.1) is 4.90 Å². The first-order chi connectivity index (χ1) is 10.5. The summed E-state index contributed by atoms with van der Waals surface area (Å²) in [7, 11) is -3.53. The van der Waals surface area contributed by atoms with Crippen molar-refractivity contribution in [1.29, 1.82) is 0 Å². The number of hydrogen-bond acceptors (Lipinski definition) is 4. The van der Waals surface area contributed by atoms with Crippen molar-refractivity contribution in [3.8, 4) is 0 Å². The van der Waals surface area contributed by atoms with Crippen LogP contribution in [0, 0.1) is 0 Å². The highest BCUT2D eigenvalue weighted by molar-refractivity contribution is 7.89. The van der Waals surface area contributed by atoms with E-state index >= 15 is 0 Å². The van der Waals surface area contributed by atoms with E-state index in [4.69, 9.17) is 0 Å². The first-order valence-electron chi connectivity index (χ1n) is 7.56. The first kappa shape index (κ1) is 21.9. The number of carbonyl (C=O) groups excluding carboxylic acids is 1. The molecular formula is C15H26ClN3O3S. The molecule has 23 heavy (non-hydrogen) atoms. The molecule has 0 spiro atoms. The van der Waals surface area contributed by atoms with Crippen LogP contribution in [0.3, 0.4) is 0 Å². The van der Waals surface area contributed by atoms with Gasteiger partial charge in [-0.25, -0.2) is 13.1 Å². The van der Waals surface area contributed by atoms with Crippen LogP contribution in [0.5, 0.6) is 0 Å². The molecule has 1 aromatic carbocycles. The van der Waals surface area contributed by atoms with E-state index in [1.54, 1.807) is 17.0 Å². The van der Waals surface area contributed by atoms with E-state index in [0.29, 0.717) is 31.7 Å². The Hall–Kier alpha value is -1.15. The molecule has 0 aliphatic carbocycles. The Morgan fingerprint density at radius 2 is 1.61 bits per heavy atom. The van der Waals surface area contributed by atoms with Crippen molar-refractivity contribution < 1.29 is 13.2 Å². The van der Waals surface area contributed by atoms with Crippen LogP contribution in [0.2, 0.25) is 0 Å². The second-order valence-corrected chi connectivity index (χ2v) is 6.52. The van der Waals surface area contributed by atoms with Gasteiger partial charge in [0.1, 0.15) is 0 Å². The van der Waals surface area contributed by atoms with E-state index in [1.807, 2.05) is 20.8 Å². The average Bonchev–Trinajstić information content (AvgIpc) is 2.53. The molecule has 1 rings (SSSR count). The van der Waals surface area contributed by atoms with Crippen molar-refractivity contribution in [3.63, 3.8) is 0 Å². The molecule has 1 amide bonds. The van der Waals surface area contributed by atoms with Crippen molar-refractivity contribution in [3.05, 3.63) is 29.8 Å². The van der Waals surface area contributed by atoms with Crippen LogP contribution in [0.15, 0.2) is 29.2 Å². The summed E-state index contributed by atoms with van der Waals surface area (Å²) >= 11 is 0. The number of halogens is 1. The Morgan fingerprint density at radius 3 is 2.09 bits per heavy atom. The number of nitrogens with one attached hydrogen (secondary N) is 2. The summed E-state index contributed by atoms with van der Waals surface area (Å²) in [6.07, 6.45) is 0. The number of carbonyl (C=O) groups is 1. The number of sulfonamides is 1. The van der Waals surface area contributed by atoms with E-state index in [0.717, 1.165) is 6.54 Å². The van der Waals surface area contributed by atoms with Gasteiger partial charge in [0.2, 0.25) is 10.0 Å². The highest BCUT2D eigenvalue weighted by Gasteiger charge is 2.16. The van der Waals surface area contributed by atoms with E-state index < -0.39 is 10.0 Å². The fraction of sp³-hybridized carbons (Fsp3) is 0.533. The minimum absolute atomic E-state index is 0. The molecule has 0 aliphatic rings. The van der Waals surface area contributed by atoms with Crippen LogP contribution in [-0.4, -0.2) is 51.9 Å². The fourth-order valence-corrected chi connectivity index (χ4v) is 3.04. The molecular weight excluding hydrogens is 338 g/mol. The topological polar surface area (TPSA) is 78.5 Å². The minimum atomic E-state index is -3.53. The molecule has 0 aromatic heterocycles. The molecule has 2 N–H and O–H groups in total. The lowest BCUT2D eigenvalue weighted by Crippen LogP contribution is -2.32. The molecule has 8 heteroatoms. The molecule has 0 heterocycles. The number of likely N-dealkylation sites (N-methyl/N-ethyl adjacent to an activating group) is 1. The zero-order valence-electron chi connectivity index (χ0n) is 13.8. The monoisotopic (exact) mass is 363 g/mol. The Bertz CT molecular complexity index is 572. The number of hydrogen-bond donors (Lipinski definition) is 2. The van der Waals surface area contributed by atoms with E-state index in [9.17, 15) is 13.2 Å². The quantitative estimate of drug-likeness (QED) is 0.651. The number of nitrogens with zero attached hydrogens (tertiary/aromatic N) is 1. The number of benzene rings is 1. The van der Waals surface area contributed by atoms with Crippen molar-refractivity contribution in [1.82, 2.24) is 14.9 Å². The van der Waals surface area contributed by atoms with Crippen molar-refractivity contribution in [2.45, 2.75) is 25.7 Å². The third-order valence-electron chi connectivity index (χ3n) is 3.31. The van der Waals surface area contributed by atoms with E-state index in [1.165, 1.54) is 12.1 Å². The van der Waals surface area contributed by atoms with Gasteiger partial charge in [0, 0.05) is 31.7 Å². The Kier molecular flexibility index (Phi) is 10.1. The summed E-state index contributed by atoms with van der Waals surface area (Å²) < 4.78 is 26.7.